The van der Waals surface area contributed by atoms with E-state index in [1.54, 1.807) is 6.92 Å². The smallest absolute Gasteiger partial charge is 0.135 e. The molecule has 4 atom stereocenters. The molecule has 5 heteroatoms. The van der Waals surface area contributed by atoms with Crippen molar-refractivity contribution in [3.63, 3.8) is 0 Å². The molecule has 1 aliphatic rings. The normalized spacial score (nSPS) is 37.4. The first-order valence-corrected chi connectivity index (χ1v) is 4.74. The van der Waals surface area contributed by atoms with E-state index in [2.05, 4.69) is 0 Å². The predicted octanol–water partition coefficient (Wildman–Crippen LogP) is -1.16. The molecule has 0 aromatic carbocycles. The summed E-state index contributed by atoms with van der Waals surface area (Å²) in [6.07, 6.45) is -3.18. The molecule has 0 bridgehead atoms. The molecule has 3 N–H and O–H groups in total. The summed E-state index contributed by atoms with van der Waals surface area (Å²) in [5.41, 5.74) is 0. The zero-order chi connectivity index (χ0) is 10.7. The number of aliphatic hydroxyl groups excluding tert-OH is 3. The molecule has 0 unspecified atom stereocenters. The van der Waals surface area contributed by atoms with Gasteiger partial charge < -0.3 is 20.1 Å². The number of Topliss-reactive ketones (excluding diaryl/α,β-unsaturated/α-hetero) is 1. The second-order valence-electron chi connectivity index (χ2n) is 3.47. The lowest BCUT2D eigenvalue weighted by Crippen LogP contribution is -2.34. The molecule has 14 heavy (non-hydrogen) atoms. The molecule has 0 spiro atoms. The fraction of sp³-hybridized carbons (Fsp3) is 0.889. The number of aliphatic hydroxyl groups is 3. The maximum absolute atomic E-state index is 11.1. The van der Waals surface area contributed by atoms with Gasteiger partial charge in [0.1, 0.15) is 24.1 Å². The van der Waals surface area contributed by atoms with Gasteiger partial charge in [0.05, 0.1) is 12.7 Å². The minimum atomic E-state index is -1.10. The standard InChI is InChI=1S/C9H16O5/c1-2-5(11)3-6-8(12)9(13)7(4-10)14-6/h6-10,12-13H,2-4H2,1H3/t6-,7-,8-,9-/m1/s1. The minimum Gasteiger partial charge on any atom is -0.394 e. The summed E-state index contributed by atoms with van der Waals surface area (Å²) in [6.45, 7) is 1.37. The molecule has 0 aromatic heterocycles. The van der Waals surface area contributed by atoms with Crippen molar-refractivity contribution in [2.45, 2.75) is 44.2 Å². The highest BCUT2D eigenvalue weighted by Gasteiger charge is 2.42. The number of carbonyl (C=O) groups is 1. The van der Waals surface area contributed by atoms with E-state index in [1.165, 1.54) is 0 Å². The zero-order valence-corrected chi connectivity index (χ0v) is 8.09. The number of hydrogen-bond acceptors (Lipinski definition) is 5. The number of ether oxygens (including phenoxy) is 1. The summed E-state index contributed by atoms with van der Waals surface area (Å²) in [5.74, 6) is -0.0279. The van der Waals surface area contributed by atoms with Crippen molar-refractivity contribution in [1.29, 1.82) is 0 Å². The second-order valence-corrected chi connectivity index (χ2v) is 3.47. The van der Waals surface area contributed by atoms with Crippen molar-refractivity contribution in [2.75, 3.05) is 6.61 Å². The highest BCUT2D eigenvalue weighted by molar-refractivity contribution is 5.78. The topological polar surface area (TPSA) is 87.0 Å². The Morgan fingerprint density at radius 1 is 1.29 bits per heavy atom. The second kappa shape index (κ2) is 4.84. The minimum absolute atomic E-state index is 0.0279. The first kappa shape index (κ1) is 11.6. The molecule has 1 fully saturated rings. The van der Waals surface area contributed by atoms with Crippen LogP contribution in [0.5, 0.6) is 0 Å². The van der Waals surface area contributed by atoms with Crippen molar-refractivity contribution in [3.05, 3.63) is 0 Å². The third-order valence-electron chi connectivity index (χ3n) is 2.46. The van der Waals surface area contributed by atoms with Crippen LogP contribution in [0.3, 0.4) is 0 Å². The van der Waals surface area contributed by atoms with Gasteiger partial charge in [0.2, 0.25) is 0 Å². The molecular formula is C9H16O5. The molecule has 0 amide bonds. The van der Waals surface area contributed by atoms with Crippen LogP contribution >= 0.6 is 0 Å². The predicted molar refractivity (Wildman–Crippen MR) is 47.7 cm³/mol. The zero-order valence-electron chi connectivity index (χ0n) is 8.09. The van der Waals surface area contributed by atoms with Crippen molar-refractivity contribution >= 4 is 5.78 Å². The first-order valence-electron chi connectivity index (χ1n) is 4.74. The van der Waals surface area contributed by atoms with Crippen LogP contribution in [0.25, 0.3) is 0 Å². The lowest BCUT2D eigenvalue weighted by Gasteiger charge is -2.12. The van der Waals surface area contributed by atoms with E-state index >= 15 is 0 Å². The maximum Gasteiger partial charge on any atom is 0.135 e. The van der Waals surface area contributed by atoms with Crippen molar-refractivity contribution in [2.24, 2.45) is 0 Å². The van der Waals surface area contributed by atoms with E-state index in [4.69, 9.17) is 9.84 Å². The maximum atomic E-state index is 11.1. The molecule has 82 valence electrons. The largest absolute Gasteiger partial charge is 0.394 e. The third kappa shape index (κ3) is 2.30. The number of rotatable bonds is 4. The van der Waals surface area contributed by atoms with Gasteiger partial charge in [-0.1, -0.05) is 6.92 Å². The van der Waals surface area contributed by atoms with Crippen molar-refractivity contribution in [3.8, 4) is 0 Å². The van der Waals surface area contributed by atoms with Crippen LogP contribution in [0.15, 0.2) is 0 Å². The Bertz CT molecular complexity index is 205. The van der Waals surface area contributed by atoms with E-state index in [9.17, 15) is 15.0 Å². The van der Waals surface area contributed by atoms with Gasteiger partial charge in [-0.3, -0.25) is 4.79 Å². The molecule has 1 rings (SSSR count). The molecule has 0 aliphatic carbocycles. The van der Waals surface area contributed by atoms with Crippen LogP contribution in [-0.4, -0.2) is 52.1 Å². The van der Waals surface area contributed by atoms with E-state index in [0.717, 1.165) is 0 Å². The fourth-order valence-corrected chi connectivity index (χ4v) is 1.51. The van der Waals surface area contributed by atoms with Crippen LogP contribution in [0.1, 0.15) is 19.8 Å². The summed E-state index contributed by atoms with van der Waals surface area (Å²) in [5, 5.41) is 27.6. The lowest BCUT2D eigenvalue weighted by molar-refractivity contribution is -0.123. The van der Waals surface area contributed by atoms with Crippen LogP contribution in [-0.2, 0) is 9.53 Å². The molecule has 5 nitrogen and oxygen atoms in total. The van der Waals surface area contributed by atoms with E-state index in [1.807, 2.05) is 0 Å². The summed E-state index contributed by atoms with van der Waals surface area (Å²) >= 11 is 0. The molecule has 0 saturated carbocycles. The van der Waals surface area contributed by atoms with Crippen LogP contribution in [0.2, 0.25) is 0 Å². The molecule has 1 aliphatic heterocycles. The Labute approximate surface area is 82.3 Å². The summed E-state index contributed by atoms with van der Waals surface area (Å²) < 4.78 is 5.14. The first-order chi connectivity index (χ1) is 6.60. The Kier molecular flexibility index (Phi) is 4.00. The van der Waals surface area contributed by atoms with Crippen LogP contribution in [0, 0.1) is 0 Å². The highest BCUT2D eigenvalue weighted by Crippen LogP contribution is 2.23. The molecule has 1 heterocycles. The average Bonchev–Trinajstić information content (AvgIpc) is 2.45. The lowest BCUT2D eigenvalue weighted by atomic mass is 10.0. The Morgan fingerprint density at radius 3 is 2.29 bits per heavy atom. The molecule has 1 saturated heterocycles. The quantitative estimate of drug-likeness (QED) is 0.537. The van der Waals surface area contributed by atoms with Gasteiger partial charge in [0.15, 0.2) is 0 Å². The van der Waals surface area contributed by atoms with Gasteiger partial charge >= 0.3 is 0 Å². The summed E-state index contributed by atoms with van der Waals surface area (Å²) in [4.78, 5) is 11.1. The SMILES string of the molecule is CCC(=O)C[C@H]1O[C@H](CO)[C@@H](O)[C@@H]1O. The highest BCUT2D eigenvalue weighted by atomic mass is 16.6. The monoisotopic (exact) mass is 204 g/mol. The van der Waals surface area contributed by atoms with Crippen LogP contribution in [0.4, 0.5) is 0 Å². The average molecular weight is 204 g/mol. The van der Waals surface area contributed by atoms with Crippen molar-refractivity contribution in [1.82, 2.24) is 0 Å². The van der Waals surface area contributed by atoms with Gasteiger partial charge in [-0.05, 0) is 0 Å². The summed E-state index contributed by atoms with van der Waals surface area (Å²) in [6, 6.07) is 0. The molecule has 0 radical (unpaired) electrons. The van der Waals surface area contributed by atoms with Crippen LogP contribution < -0.4 is 0 Å². The number of carbonyl (C=O) groups excluding carboxylic acids is 1. The van der Waals surface area contributed by atoms with E-state index < -0.39 is 24.4 Å². The van der Waals surface area contributed by atoms with Gasteiger partial charge in [-0.15, -0.1) is 0 Å². The summed E-state index contributed by atoms with van der Waals surface area (Å²) in [7, 11) is 0. The van der Waals surface area contributed by atoms with Gasteiger partial charge in [-0.25, -0.2) is 0 Å². The Balaban J connectivity index is 2.52. The van der Waals surface area contributed by atoms with Crippen molar-refractivity contribution < 1.29 is 24.9 Å². The Morgan fingerprint density at radius 2 is 1.86 bits per heavy atom. The van der Waals surface area contributed by atoms with Gasteiger partial charge in [-0.2, -0.15) is 0 Å². The molecule has 0 aromatic rings. The molecular weight excluding hydrogens is 188 g/mol. The fourth-order valence-electron chi connectivity index (χ4n) is 1.51. The van der Waals surface area contributed by atoms with E-state index in [0.29, 0.717) is 6.42 Å². The number of ketones is 1. The van der Waals surface area contributed by atoms with Gasteiger partial charge in [0, 0.05) is 12.8 Å². The van der Waals surface area contributed by atoms with Gasteiger partial charge in [0.25, 0.3) is 0 Å². The van der Waals surface area contributed by atoms with E-state index in [-0.39, 0.29) is 18.8 Å². The number of hydrogen-bond donors (Lipinski definition) is 3. The Hall–Kier alpha value is -0.490. The third-order valence-corrected chi connectivity index (χ3v) is 2.46.